The number of hydrogen-bond acceptors (Lipinski definition) is 3. The summed E-state index contributed by atoms with van der Waals surface area (Å²) >= 11 is 0. The van der Waals surface area contributed by atoms with Gasteiger partial charge in [-0.2, -0.15) is 5.10 Å². The van der Waals surface area contributed by atoms with Crippen LogP contribution in [0.5, 0.6) is 0 Å². The highest BCUT2D eigenvalue weighted by molar-refractivity contribution is 5.82. The zero-order valence-corrected chi connectivity index (χ0v) is 15.6. The van der Waals surface area contributed by atoms with E-state index in [1.165, 1.54) is 0 Å². The minimum Gasteiger partial charge on any atom is -0.352 e. The van der Waals surface area contributed by atoms with Gasteiger partial charge < -0.3 is 10.3 Å². The Labute approximate surface area is 163 Å². The molecule has 1 aliphatic rings. The molecule has 2 aromatic heterocycles. The van der Waals surface area contributed by atoms with Crippen LogP contribution in [0.4, 0.5) is 0 Å². The molecule has 2 unspecified atom stereocenters. The Bertz CT molecular complexity index is 1100. The van der Waals surface area contributed by atoms with Gasteiger partial charge in [0, 0.05) is 17.3 Å². The molecular formula is C22H23N5O. The third-order valence-electron chi connectivity index (χ3n) is 5.68. The Hall–Kier alpha value is -3.15. The van der Waals surface area contributed by atoms with E-state index in [1.54, 1.807) is 10.9 Å². The molecule has 0 radical (unpaired) electrons. The van der Waals surface area contributed by atoms with E-state index in [0.717, 1.165) is 53.4 Å². The zero-order chi connectivity index (χ0) is 18.9. The molecule has 0 bridgehead atoms. The lowest BCUT2D eigenvalue weighted by Gasteiger charge is -2.28. The quantitative estimate of drug-likeness (QED) is 0.572. The fourth-order valence-corrected chi connectivity index (χ4v) is 4.30. The van der Waals surface area contributed by atoms with E-state index in [2.05, 4.69) is 21.5 Å². The van der Waals surface area contributed by atoms with Crippen LogP contribution in [0.3, 0.4) is 0 Å². The molecular weight excluding hydrogens is 350 g/mol. The predicted octanol–water partition coefficient (Wildman–Crippen LogP) is 3.76. The Balaban J connectivity index is 1.25. The zero-order valence-electron chi connectivity index (χ0n) is 15.6. The number of carbonyl (C=O) groups is 1. The highest BCUT2D eigenvalue weighted by atomic mass is 16.2. The normalized spacial score (nSPS) is 19.9. The molecule has 0 saturated heterocycles. The molecule has 4 aromatic rings. The number of fused-ring (bicyclic) bond motifs is 2. The number of nitrogens with one attached hydrogen (secondary N) is 2. The van der Waals surface area contributed by atoms with Crippen molar-refractivity contribution in [1.82, 2.24) is 25.1 Å². The van der Waals surface area contributed by atoms with Gasteiger partial charge in [0.2, 0.25) is 5.91 Å². The lowest BCUT2D eigenvalue weighted by molar-refractivity contribution is -0.122. The minimum absolute atomic E-state index is 0.0177. The summed E-state index contributed by atoms with van der Waals surface area (Å²) in [4.78, 5) is 20.8. The molecule has 2 aromatic carbocycles. The lowest BCUT2D eigenvalue weighted by Crippen LogP contribution is -2.39. The van der Waals surface area contributed by atoms with Gasteiger partial charge >= 0.3 is 0 Å². The van der Waals surface area contributed by atoms with E-state index in [-0.39, 0.29) is 18.5 Å². The molecule has 6 heteroatoms. The average Bonchev–Trinajstić information content (AvgIpc) is 3.33. The molecule has 5 rings (SSSR count). The number of aromatic amines is 1. The minimum atomic E-state index is 0.0177. The number of nitrogens with zero attached hydrogens (tertiary/aromatic N) is 3. The summed E-state index contributed by atoms with van der Waals surface area (Å²) in [7, 11) is 0. The van der Waals surface area contributed by atoms with Crippen molar-refractivity contribution in [2.45, 2.75) is 44.2 Å². The van der Waals surface area contributed by atoms with Gasteiger partial charge in [0.05, 0.1) is 22.7 Å². The van der Waals surface area contributed by atoms with E-state index in [9.17, 15) is 4.79 Å². The van der Waals surface area contributed by atoms with Crippen molar-refractivity contribution in [2.24, 2.45) is 0 Å². The van der Waals surface area contributed by atoms with Gasteiger partial charge in [-0.15, -0.1) is 0 Å². The fourth-order valence-electron chi connectivity index (χ4n) is 4.30. The van der Waals surface area contributed by atoms with Crippen LogP contribution in [0.2, 0.25) is 0 Å². The molecule has 1 amide bonds. The summed E-state index contributed by atoms with van der Waals surface area (Å²) in [5.74, 6) is 1.42. The molecule has 1 fully saturated rings. The summed E-state index contributed by atoms with van der Waals surface area (Å²) in [5, 5.41) is 8.62. The summed E-state index contributed by atoms with van der Waals surface area (Å²) in [5.41, 5.74) is 3.07. The highest BCUT2D eigenvalue weighted by Crippen LogP contribution is 2.32. The molecule has 2 heterocycles. The smallest absolute Gasteiger partial charge is 0.241 e. The SMILES string of the molecule is O=C(Cn1ncc2ccccc21)NC1CCCC(c2nc3ccccc3[nH]2)C1. The van der Waals surface area contributed by atoms with Crippen LogP contribution in [-0.2, 0) is 11.3 Å². The van der Waals surface area contributed by atoms with E-state index in [4.69, 9.17) is 4.98 Å². The molecule has 2 atom stereocenters. The number of amides is 1. The summed E-state index contributed by atoms with van der Waals surface area (Å²) in [6.07, 6.45) is 5.95. The van der Waals surface area contributed by atoms with Crippen LogP contribution < -0.4 is 5.32 Å². The second kappa shape index (κ2) is 7.11. The summed E-state index contributed by atoms with van der Waals surface area (Å²) < 4.78 is 1.77. The summed E-state index contributed by atoms with van der Waals surface area (Å²) in [6, 6.07) is 16.3. The standard InChI is InChI=1S/C22H23N5O/c28-21(14-27-20-11-4-1-6-16(20)13-23-27)24-17-8-5-7-15(12-17)22-25-18-9-2-3-10-19(18)26-22/h1-4,6,9-11,13,15,17H,5,7-8,12,14H2,(H,24,28)(H,25,26). The second-order valence-electron chi connectivity index (χ2n) is 7.63. The number of aromatic nitrogens is 4. The molecule has 28 heavy (non-hydrogen) atoms. The Morgan fingerprint density at radius 1 is 1.14 bits per heavy atom. The van der Waals surface area contributed by atoms with Crippen molar-refractivity contribution >= 4 is 27.8 Å². The molecule has 142 valence electrons. The molecule has 0 aliphatic heterocycles. The number of rotatable bonds is 4. The molecule has 1 aliphatic carbocycles. The van der Waals surface area contributed by atoms with Crippen LogP contribution in [0, 0.1) is 0 Å². The maximum absolute atomic E-state index is 12.6. The lowest BCUT2D eigenvalue weighted by atomic mass is 9.85. The Morgan fingerprint density at radius 2 is 2.00 bits per heavy atom. The molecule has 6 nitrogen and oxygen atoms in total. The van der Waals surface area contributed by atoms with Crippen molar-refractivity contribution < 1.29 is 4.79 Å². The highest BCUT2D eigenvalue weighted by Gasteiger charge is 2.26. The topological polar surface area (TPSA) is 75.6 Å². The third kappa shape index (κ3) is 3.26. The third-order valence-corrected chi connectivity index (χ3v) is 5.68. The number of para-hydroxylation sites is 3. The van der Waals surface area contributed by atoms with Gasteiger partial charge in [0.25, 0.3) is 0 Å². The number of carbonyl (C=O) groups excluding carboxylic acids is 1. The largest absolute Gasteiger partial charge is 0.352 e. The monoisotopic (exact) mass is 373 g/mol. The van der Waals surface area contributed by atoms with Crippen molar-refractivity contribution in [3.05, 3.63) is 60.6 Å². The van der Waals surface area contributed by atoms with E-state index < -0.39 is 0 Å². The first-order valence-electron chi connectivity index (χ1n) is 9.91. The van der Waals surface area contributed by atoms with Crippen molar-refractivity contribution in [1.29, 1.82) is 0 Å². The van der Waals surface area contributed by atoms with Gasteiger partial charge in [-0.1, -0.05) is 36.8 Å². The van der Waals surface area contributed by atoms with Crippen LogP contribution in [0.25, 0.3) is 21.9 Å². The van der Waals surface area contributed by atoms with Gasteiger partial charge in [-0.25, -0.2) is 4.98 Å². The van der Waals surface area contributed by atoms with Gasteiger partial charge in [0.15, 0.2) is 0 Å². The Kier molecular flexibility index (Phi) is 4.31. The number of H-pyrrole nitrogens is 1. The first-order chi connectivity index (χ1) is 13.8. The molecule has 2 N–H and O–H groups in total. The van der Waals surface area contributed by atoms with Gasteiger partial charge in [0.1, 0.15) is 12.4 Å². The van der Waals surface area contributed by atoms with Crippen LogP contribution in [0.1, 0.15) is 37.4 Å². The number of benzene rings is 2. The van der Waals surface area contributed by atoms with E-state index in [1.807, 2.05) is 42.5 Å². The maximum atomic E-state index is 12.6. The second-order valence-corrected chi connectivity index (χ2v) is 7.63. The van der Waals surface area contributed by atoms with Crippen LogP contribution >= 0.6 is 0 Å². The van der Waals surface area contributed by atoms with Gasteiger partial charge in [-0.3, -0.25) is 9.48 Å². The van der Waals surface area contributed by atoms with Crippen molar-refractivity contribution in [2.75, 3.05) is 0 Å². The van der Waals surface area contributed by atoms with E-state index >= 15 is 0 Å². The summed E-state index contributed by atoms with van der Waals surface area (Å²) in [6.45, 7) is 0.249. The fraction of sp³-hybridized carbons (Fsp3) is 0.318. The number of hydrogen-bond donors (Lipinski definition) is 2. The van der Waals surface area contributed by atoms with E-state index in [0.29, 0.717) is 5.92 Å². The van der Waals surface area contributed by atoms with Crippen LogP contribution in [0.15, 0.2) is 54.7 Å². The predicted molar refractivity (Wildman–Crippen MR) is 109 cm³/mol. The van der Waals surface area contributed by atoms with Crippen LogP contribution in [-0.4, -0.2) is 31.7 Å². The molecule has 1 saturated carbocycles. The Morgan fingerprint density at radius 3 is 2.93 bits per heavy atom. The van der Waals surface area contributed by atoms with Gasteiger partial charge in [-0.05, 0) is 37.5 Å². The maximum Gasteiger partial charge on any atom is 0.241 e. The van der Waals surface area contributed by atoms with Crippen molar-refractivity contribution in [3.8, 4) is 0 Å². The molecule has 0 spiro atoms. The average molecular weight is 373 g/mol. The van der Waals surface area contributed by atoms with Crippen molar-refractivity contribution in [3.63, 3.8) is 0 Å². The number of imidazole rings is 1. The first-order valence-corrected chi connectivity index (χ1v) is 9.91. The first kappa shape index (κ1) is 17.0.